The van der Waals surface area contributed by atoms with E-state index in [0.717, 1.165) is 16.9 Å². The van der Waals surface area contributed by atoms with Gasteiger partial charge in [-0.3, -0.25) is 0 Å². The largest absolute Gasteiger partial charge is 0.493 e. The molecule has 0 saturated carbocycles. The first-order valence-electron chi connectivity index (χ1n) is 6.05. The van der Waals surface area contributed by atoms with Crippen LogP contribution >= 0.6 is 0 Å². The van der Waals surface area contributed by atoms with Crippen LogP contribution in [0.2, 0.25) is 0 Å². The number of aromatic nitrogens is 2. The first kappa shape index (κ1) is 13.6. The van der Waals surface area contributed by atoms with Crippen molar-refractivity contribution in [2.75, 3.05) is 27.9 Å². The van der Waals surface area contributed by atoms with Crippen LogP contribution in [0.25, 0.3) is 11.0 Å². The van der Waals surface area contributed by atoms with E-state index in [0.29, 0.717) is 24.5 Å². The summed E-state index contributed by atoms with van der Waals surface area (Å²) in [5.41, 5.74) is 7.35. The number of nitrogens with one attached hydrogen (secondary N) is 1. The number of nitrogens with two attached hydrogens (primary N) is 1. The molecule has 1 heterocycles. The zero-order valence-corrected chi connectivity index (χ0v) is 11.4. The van der Waals surface area contributed by atoms with Gasteiger partial charge in [-0.15, -0.1) is 0 Å². The molecular weight excluding hydrogens is 246 g/mol. The minimum Gasteiger partial charge on any atom is -0.493 e. The number of H-pyrrole nitrogens is 1. The Kier molecular flexibility index (Phi) is 4.24. The summed E-state index contributed by atoms with van der Waals surface area (Å²) in [5.74, 6) is 2.17. The number of imidazole rings is 1. The number of rotatable bonds is 6. The second-order valence-corrected chi connectivity index (χ2v) is 4.21. The van der Waals surface area contributed by atoms with Gasteiger partial charge in [-0.1, -0.05) is 0 Å². The summed E-state index contributed by atoms with van der Waals surface area (Å²) in [5, 5.41) is 0. The van der Waals surface area contributed by atoms with Gasteiger partial charge in [-0.2, -0.15) is 0 Å². The third-order valence-corrected chi connectivity index (χ3v) is 3.05. The lowest BCUT2D eigenvalue weighted by Crippen LogP contribution is -2.25. The highest BCUT2D eigenvalue weighted by Crippen LogP contribution is 2.31. The maximum atomic E-state index is 5.61. The van der Waals surface area contributed by atoms with Crippen LogP contribution in [0.4, 0.5) is 0 Å². The van der Waals surface area contributed by atoms with Gasteiger partial charge in [0.1, 0.15) is 5.82 Å². The maximum absolute atomic E-state index is 5.61. The van der Waals surface area contributed by atoms with Crippen molar-refractivity contribution >= 4 is 11.0 Å². The first-order chi connectivity index (χ1) is 9.21. The average molecular weight is 265 g/mol. The van der Waals surface area contributed by atoms with E-state index in [1.165, 1.54) is 0 Å². The molecule has 104 valence electrons. The summed E-state index contributed by atoms with van der Waals surface area (Å²) in [6.07, 6.45) is 0.608. The molecule has 0 spiro atoms. The van der Waals surface area contributed by atoms with Gasteiger partial charge >= 0.3 is 0 Å². The van der Waals surface area contributed by atoms with Crippen molar-refractivity contribution in [1.82, 2.24) is 9.97 Å². The Morgan fingerprint density at radius 3 is 2.47 bits per heavy atom. The monoisotopic (exact) mass is 265 g/mol. The standard InChI is InChI=1S/C13H19N3O3/c1-17-8(7-14)4-13-15-9-5-11(18-2)12(19-3)6-10(9)16-13/h5-6,8H,4,7,14H2,1-3H3,(H,15,16). The Bertz CT molecular complexity index is 508. The molecule has 1 aromatic heterocycles. The van der Waals surface area contributed by atoms with Gasteiger partial charge in [0.15, 0.2) is 11.5 Å². The van der Waals surface area contributed by atoms with Crippen molar-refractivity contribution in [2.24, 2.45) is 5.73 Å². The van der Waals surface area contributed by atoms with E-state index in [1.54, 1.807) is 21.3 Å². The molecule has 1 atom stereocenters. The Morgan fingerprint density at radius 1 is 1.21 bits per heavy atom. The molecule has 0 aliphatic heterocycles. The van der Waals surface area contributed by atoms with E-state index in [2.05, 4.69) is 9.97 Å². The SMILES string of the molecule is COc1cc2nc(CC(CN)OC)[nH]c2cc1OC. The molecule has 0 aliphatic rings. The number of hydrogen-bond acceptors (Lipinski definition) is 5. The minimum absolute atomic E-state index is 0.0376. The molecule has 2 aromatic rings. The van der Waals surface area contributed by atoms with Crippen LogP contribution in [0.5, 0.6) is 11.5 Å². The zero-order valence-electron chi connectivity index (χ0n) is 11.4. The fourth-order valence-corrected chi connectivity index (χ4v) is 1.96. The van der Waals surface area contributed by atoms with E-state index >= 15 is 0 Å². The Morgan fingerprint density at radius 2 is 1.89 bits per heavy atom. The number of nitrogens with zero attached hydrogens (tertiary/aromatic N) is 1. The normalized spacial score (nSPS) is 12.6. The molecule has 2 rings (SSSR count). The molecular formula is C13H19N3O3. The van der Waals surface area contributed by atoms with Gasteiger partial charge in [0, 0.05) is 32.2 Å². The third-order valence-electron chi connectivity index (χ3n) is 3.05. The van der Waals surface area contributed by atoms with E-state index in [9.17, 15) is 0 Å². The van der Waals surface area contributed by atoms with Gasteiger partial charge in [-0.05, 0) is 0 Å². The van der Waals surface area contributed by atoms with E-state index in [4.69, 9.17) is 19.9 Å². The lowest BCUT2D eigenvalue weighted by atomic mass is 10.2. The minimum atomic E-state index is -0.0376. The van der Waals surface area contributed by atoms with E-state index < -0.39 is 0 Å². The zero-order chi connectivity index (χ0) is 13.8. The maximum Gasteiger partial charge on any atom is 0.163 e. The number of methoxy groups -OCH3 is 3. The molecule has 0 amide bonds. The number of aromatic amines is 1. The Labute approximate surface area is 111 Å². The molecule has 6 heteroatoms. The van der Waals surface area contributed by atoms with Crippen LogP contribution in [0, 0.1) is 0 Å². The van der Waals surface area contributed by atoms with Crippen molar-refractivity contribution in [3.8, 4) is 11.5 Å². The highest BCUT2D eigenvalue weighted by Gasteiger charge is 2.13. The summed E-state index contributed by atoms with van der Waals surface area (Å²) in [4.78, 5) is 7.74. The highest BCUT2D eigenvalue weighted by atomic mass is 16.5. The average Bonchev–Trinajstić information content (AvgIpc) is 2.84. The van der Waals surface area contributed by atoms with Crippen molar-refractivity contribution in [3.63, 3.8) is 0 Å². The van der Waals surface area contributed by atoms with Crippen LogP contribution < -0.4 is 15.2 Å². The van der Waals surface area contributed by atoms with Crippen molar-refractivity contribution in [1.29, 1.82) is 0 Å². The third kappa shape index (κ3) is 2.80. The smallest absolute Gasteiger partial charge is 0.163 e. The number of ether oxygens (including phenoxy) is 3. The first-order valence-corrected chi connectivity index (χ1v) is 6.05. The van der Waals surface area contributed by atoms with Crippen LogP contribution in [0.15, 0.2) is 12.1 Å². The van der Waals surface area contributed by atoms with Gasteiger partial charge in [0.2, 0.25) is 0 Å². The van der Waals surface area contributed by atoms with Gasteiger partial charge in [0.05, 0.1) is 31.4 Å². The van der Waals surface area contributed by atoms with Crippen LogP contribution in [0.1, 0.15) is 5.82 Å². The fraction of sp³-hybridized carbons (Fsp3) is 0.462. The summed E-state index contributed by atoms with van der Waals surface area (Å²) >= 11 is 0. The van der Waals surface area contributed by atoms with Gasteiger partial charge < -0.3 is 24.9 Å². The molecule has 0 fully saturated rings. The summed E-state index contributed by atoms with van der Waals surface area (Å²) in [7, 11) is 4.86. The number of hydrogen-bond donors (Lipinski definition) is 2. The fourth-order valence-electron chi connectivity index (χ4n) is 1.96. The topological polar surface area (TPSA) is 82.4 Å². The molecule has 19 heavy (non-hydrogen) atoms. The molecule has 0 bridgehead atoms. The Balaban J connectivity index is 2.34. The lowest BCUT2D eigenvalue weighted by molar-refractivity contribution is 0.108. The summed E-state index contributed by atoms with van der Waals surface area (Å²) in [6, 6.07) is 3.72. The van der Waals surface area contributed by atoms with Crippen LogP contribution in [-0.4, -0.2) is 43.9 Å². The molecule has 3 N–H and O–H groups in total. The predicted octanol–water partition coefficient (Wildman–Crippen LogP) is 1.10. The van der Waals surface area contributed by atoms with Crippen molar-refractivity contribution < 1.29 is 14.2 Å². The van der Waals surface area contributed by atoms with Crippen LogP contribution in [-0.2, 0) is 11.2 Å². The quantitative estimate of drug-likeness (QED) is 0.817. The van der Waals surface area contributed by atoms with E-state index in [1.807, 2.05) is 12.1 Å². The second-order valence-electron chi connectivity index (χ2n) is 4.21. The second kappa shape index (κ2) is 5.90. The lowest BCUT2D eigenvalue weighted by Gasteiger charge is -2.09. The molecule has 6 nitrogen and oxygen atoms in total. The van der Waals surface area contributed by atoms with Gasteiger partial charge in [0.25, 0.3) is 0 Å². The number of fused-ring (bicyclic) bond motifs is 1. The molecule has 0 radical (unpaired) electrons. The molecule has 1 unspecified atom stereocenters. The molecule has 1 aromatic carbocycles. The van der Waals surface area contributed by atoms with Gasteiger partial charge in [-0.25, -0.2) is 4.98 Å². The van der Waals surface area contributed by atoms with E-state index in [-0.39, 0.29) is 6.10 Å². The van der Waals surface area contributed by atoms with Crippen molar-refractivity contribution in [2.45, 2.75) is 12.5 Å². The summed E-state index contributed by atoms with van der Waals surface area (Å²) in [6.45, 7) is 0.459. The molecule has 0 aliphatic carbocycles. The summed E-state index contributed by atoms with van der Waals surface area (Å²) < 4.78 is 15.8. The van der Waals surface area contributed by atoms with Crippen molar-refractivity contribution in [3.05, 3.63) is 18.0 Å². The molecule has 0 saturated heterocycles. The highest BCUT2D eigenvalue weighted by molar-refractivity contribution is 5.79. The van der Waals surface area contributed by atoms with Crippen LogP contribution in [0.3, 0.4) is 0 Å². The number of benzene rings is 1. The predicted molar refractivity (Wildman–Crippen MR) is 72.8 cm³/mol. The Hall–Kier alpha value is -1.79.